The van der Waals surface area contributed by atoms with Gasteiger partial charge in [0.1, 0.15) is 0 Å². The van der Waals surface area contributed by atoms with Crippen LogP contribution in [0.5, 0.6) is 0 Å². The fraction of sp³-hybridized carbons (Fsp3) is 0.182. The first-order chi connectivity index (χ1) is 13.9. The van der Waals surface area contributed by atoms with Crippen LogP contribution in [-0.2, 0) is 5.41 Å². The molecule has 0 aliphatic rings. The molecule has 4 rings (SSSR count). The van der Waals surface area contributed by atoms with E-state index < -0.39 is 0 Å². The number of nitrogens with one attached hydrogen (secondary N) is 1. The van der Waals surface area contributed by atoms with E-state index in [4.69, 9.17) is 4.52 Å². The molecule has 7 heteroatoms. The highest BCUT2D eigenvalue weighted by molar-refractivity contribution is 7.14. The Labute approximate surface area is 172 Å². The lowest BCUT2D eigenvalue weighted by Gasteiger charge is -2.18. The zero-order valence-electron chi connectivity index (χ0n) is 16.3. The third-order valence-electron chi connectivity index (χ3n) is 4.46. The Morgan fingerprint density at radius 3 is 2.59 bits per heavy atom. The van der Waals surface area contributed by atoms with E-state index in [0.717, 1.165) is 16.8 Å². The normalized spacial score (nSPS) is 11.4. The van der Waals surface area contributed by atoms with Crippen molar-refractivity contribution in [2.24, 2.45) is 0 Å². The molecule has 3 heterocycles. The van der Waals surface area contributed by atoms with Crippen LogP contribution >= 0.6 is 11.3 Å². The summed E-state index contributed by atoms with van der Waals surface area (Å²) in [5.74, 6) is 0.120. The third-order valence-corrected chi connectivity index (χ3v) is 5.22. The molecular formula is C22H20N4O2S. The summed E-state index contributed by atoms with van der Waals surface area (Å²) in [5.41, 5.74) is 4.15. The summed E-state index contributed by atoms with van der Waals surface area (Å²) in [6.07, 6.45) is 3.32. The van der Waals surface area contributed by atoms with Crippen LogP contribution in [0.3, 0.4) is 0 Å². The second-order valence-electron chi connectivity index (χ2n) is 7.64. The van der Waals surface area contributed by atoms with Gasteiger partial charge in [0.2, 0.25) is 0 Å². The molecule has 0 atom stereocenters. The number of pyridine rings is 1. The number of thiazole rings is 1. The summed E-state index contributed by atoms with van der Waals surface area (Å²) in [6.45, 7) is 6.55. The number of carbonyl (C=O) groups excluding carboxylic acids is 1. The molecule has 4 aromatic rings. The average Bonchev–Trinajstić information content (AvgIpc) is 3.38. The summed E-state index contributed by atoms with van der Waals surface area (Å²) >= 11 is 1.37. The minimum atomic E-state index is -0.368. The SMILES string of the molecule is CC(C)(C)c1ccc(-c2csc(NC(=O)c3cc(-c4cccnc4)on3)n2)cc1. The maximum Gasteiger partial charge on any atom is 0.279 e. The van der Waals surface area contributed by atoms with Crippen molar-refractivity contribution in [3.63, 3.8) is 0 Å². The number of nitrogens with zero attached hydrogens (tertiary/aromatic N) is 3. The second-order valence-corrected chi connectivity index (χ2v) is 8.50. The fourth-order valence-electron chi connectivity index (χ4n) is 2.79. The molecule has 0 spiro atoms. The van der Waals surface area contributed by atoms with Crippen molar-refractivity contribution >= 4 is 22.4 Å². The Morgan fingerprint density at radius 1 is 1.10 bits per heavy atom. The predicted molar refractivity (Wildman–Crippen MR) is 114 cm³/mol. The zero-order valence-corrected chi connectivity index (χ0v) is 17.2. The van der Waals surface area contributed by atoms with Gasteiger partial charge in [-0.2, -0.15) is 0 Å². The molecule has 0 saturated carbocycles. The van der Waals surface area contributed by atoms with E-state index in [9.17, 15) is 4.79 Å². The molecule has 0 aliphatic carbocycles. The number of carbonyl (C=O) groups is 1. The van der Waals surface area contributed by atoms with E-state index in [1.807, 2.05) is 11.4 Å². The van der Waals surface area contributed by atoms with E-state index in [0.29, 0.717) is 10.9 Å². The zero-order chi connectivity index (χ0) is 20.4. The van der Waals surface area contributed by atoms with Gasteiger partial charge >= 0.3 is 0 Å². The molecule has 0 saturated heterocycles. The highest BCUT2D eigenvalue weighted by Crippen LogP contribution is 2.28. The number of hydrogen-bond donors (Lipinski definition) is 1. The van der Waals surface area contributed by atoms with Crippen molar-refractivity contribution in [3.8, 4) is 22.6 Å². The fourth-order valence-corrected chi connectivity index (χ4v) is 3.51. The number of amides is 1. The molecule has 3 aromatic heterocycles. The van der Waals surface area contributed by atoms with E-state index in [2.05, 4.69) is 65.5 Å². The van der Waals surface area contributed by atoms with Crippen LogP contribution in [0.1, 0.15) is 36.8 Å². The Balaban J connectivity index is 1.47. The Hall–Kier alpha value is -3.32. The van der Waals surface area contributed by atoms with Gasteiger partial charge < -0.3 is 4.52 Å². The van der Waals surface area contributed by atoms with Crippen molar-refractivity contribution in [1.29, 1.82) is 0 Å². The lowest BCUT2D eigenvalue weighted by molar-refractivity contribution is 0.101. The molecule has 29 heavy (non-hydrogen) atoms. The van der Waals surface area contributed by atoms with Gasteiger partial charge in [-0.3, -0.25) is 15.1 Å². The van der Waals surface area contributed by atoms with Crippen molar-refractivity contribution in [3.05, 3.63) is 71.5 Å². The Bertz CT molecular complexity index is 1130. The van der Waals surface area contributed by atoms with Crippen molar-refractivity contribution in [2.45, 2.75) is 26.2 Å². The molecule has 0 bridgehead atoms. The first-order valence-electron chi connectivity index (χ1n) is 9.15. The van der Waals surface area contributed by atoms with Gasteiger partial charge in [0.05, 0.1) is 5.69 Å². The van der Waals surface area contributed by atoms with Gasteiger partial charge in [-0.1, -0.05) is 50.2 Å². The summed E-state index contributed by atoms with van der Waals surface area (Å²) in [4.78, 5) is 21.0. The van der Waals surface area contributed by atoms with Crippen LogP contribution in [0.25, 0.3) is 22.6 Å². The Morgan fingerprint density at radius 2 is 1.90 bits per heavy atom. The average molecular weight is 404 g/mol. The standard InChI is InChI=1S/C22H20N4O2S/c1-22(2,3)16-8-6-14(7-9-16)18-13-29-21(24-18)25-20(27)17-11-19(28-26-17)15-5-4-10-23-12-15/h4-13H,1-3H3,(H,24,25,27). The molecule has 0 radical (unpaired) electrons. The summed E-state index contributed by atoms with van der Waals surface area (Å²) in [6, 6.07) is 13.6. The monoisotopic (exact) mass is 404 g/mol. The number of rotatable bonds is 4. The number of benzene rings is 1. The molecule has 6 nitrogen and oxygen atoms in total. The Kier molecular flexibility index (Phi) is 4.98. The van der Waals surface area contributed by atoms with Crippen LogP contribution in [0, 0.1) is 0 Å². The van der Waals surface area contributed by atoms with Crippen LogP contribution in [0.15, 0.2) is 64.8 Å². The van der Waals surface area contributed by atoms with E-state index >= 15 is 0 Å². The lowest BCUT2D eigenvalue weighted by atomic mass is 9.86. The molecule has 1 N–H and O–H groups in total. The maximum atomic E-state index is 12.5. The minimum Gasteiger partial charge on any atom is -0.355 e. The third kappa shape index (κ3) is 4.25. The molecule has 0 fully saturated rings. The van der Waals surface area contributed by atoms with Gasteiger partial charge in [-0.05, 0) is 23.1 Å². The lowest BCUT2D eigenvalue weighted by Crippen LogP contribution is -2.12. The molecule has 0 unspecified atom stereocenters. The summed E-state index contributed by atoms with van der Waals surface area (Å²) < 4.78 is 5.25. The van der Waals surface area contributed by atoms with Gasteiger partial charge in [0, 0.05) is 35.0 Å². The van der Waals surface area contributed by atoms with E-state index in [-0.39, 0.29) is 17.0 Å². The molecular weight excluding hydrogens is 384 g/mol. The first kappa shape index (κ1) is 19.0. The minimum absolute atomic E-state index is 0.103. The van der Waals surface area contributed by atoms with Crippen LogP contribution in [0.2, 0.25) is 0 Å². The van der Waals surface area contributed by atoms with Crippen LogP contribution < -0.4 is 5.32 Å². The summed E-state index contributed by atoms with van der Waals surface area (Å²) in [5, 5.41) is 9.06. The van der Waals surface area contributed by atoms with Gasteiger partial charge in [-0.15, -0.1) is 11.3 Å². The molecule has 146 valence electrons. The quantitative estimate of drug-likeness (QED) is 0.492. The first-order valence-corrected chi connectivity index (χ1v) is 10.0. The van der Waals surface area contributed by atoms with Gasteiger partial charge in [-0.25, -0.2) is 4.98 Å². The number of aromatic nitrogens is 3. The molecule has 1 amide bonds. The number of anilines is 1. The molecule has 0 aliphatic heterocycles. The van der Waals surface area contributed by atoms with Gasteiger partial charge in [0.15, 0.2) is 16.6 Å². The number of hydrogen-bond acceptors (Lipinski definition) is 6. The van der Waals surface area contributed by atoms with E-state index in [1.54, 1.807) is 24.5 Å². The van der Waals surface area contributed by atoms with Gasteiger partial charge in [0.25, 0.3) is 5.91 Å². The smallest absolute Gasteiger partial charge is 0.279 e. The molecule has 1 aromatic carbocycles. The maximum absolute atomic E-state index is 12.5. The topological polar surface area (TPSA) is 80.9 Å². The highest BCUT2D eigenvalue weighted by atomic mass is 32.1. The second kappa shape index (κ2) is 7.60. The van der Waals surface area contributed by atoms with Crippen molar-refractivity contribution < 1.29 is 9.32 Å². The highest BCUT2D eigenvalue weighted by Gasteiger charge is 2.17. The van der Waals surface area contributed by atoms with Crippen LogP contribution in [-0.4, -0.2) is 21.0 Å². The summed E-state index contributed by atoms with van der Waals surface area (Å²) in [7, 11) is 0. The predicted octanol–water partition coefficient (Wildman–Crippen LogP) is 5.41. The van der Waals surface area contributed by atoms with Crippen molar-refractivity contribution in [2.75, 3.05) is 5.32 Å². The van der Waals surface area contributed by atoms with Crippen molar-refractivity contribution in [1.82, 2.24) is 15.1 Å². The van der Waals surface area contributed by atoms with E-state index in [1.165, 1.54) is 16.9 Å². The van der Waals surface area contributed by atoms with Crippen LogP contribution in [0.4, 0.5) is 5.13 Å². The largest absolute Gasteiger partial charge is 0.355 e.